The molecule has 110 valence electrons. The number of carboxylic acid groups (broad SMARTS) is 1. The number of rotatable bonds is 6. The van der Waals surface area contributed by atoms with Crippen molar-refractivity contribution in [3.8, 4) is 0 Å². The zero-order valence-electron chi connectivity index (χ0n) is 12.1. The Hall–Kier alpha value is -2.04. The van der Waals surface area contributed by atoms with Crippen LogP contribution in [0.5, 0.6) is 0 Å². The number of nitrogens with one attached hydrogen (secondary N) is 2. The topological polar surface area (TPSA) is 78.4 Å². The Bertz CT molecular complexity index is 448. The molecule has 0 aliphatic heterocycles. The predicted octanol–water partition coefficient (Wildman–Crippen LogP) is 2.55. The summed E-state index contributed by atoms with van der Waals surface area (Å²) in [5.41, 5.74) is 0.970. The molecule has 1 aromatic carbocycles. The molecule has 20 heavy (non-hydrogen) atoms. The average Bonchev–Trinajstić information content (AvgIpc) is 2.44. The Morgan fingerprint density at radius 3 is 2.25 bits per heavy atom. The molecule has 2 amide bonds. The lowest BCUT2D eigenvalue weighted by Gasteiger charge is -2.22. The molecule has 1 aromatic rings. The lowest BCUT2D eigenvalue weighted by molar-refractivity contribution is -0.140. The number of aliphatic carboxylic acids is 1. The fourth-order valence-electron chi connectivity index (χ4n) is 1.89. The third kappa shape index (κ3) is 4.57. The van der Waals surface area contributed by atoms with Gasteiger partial charge in [-0.05, 0) is 18.4 Å². The molecular weight excluding hydrogens is 256 g/mol. The van der Waals surface area contributed by atoms with Gasteiger partial charge < -0.3 is 15.7 Å². The van der Waals surface area contributed by atoms with Crippen LogP contribution in [0.25, 0.3) is 0 Å². The lowest BCUT2D eigenvalue weighted by Crippen LogP contribution is -2.49. The summed E-state index contributed by atoms with van der Waals surface area (Å²) in [4.78, 5) is 23.0. The number of hydrogen-bond donors (Lipinski definition) is 3. The van der Waals surface area contributed by atoms with E-state index in [0.29, 0.717) is 6.42 Å². The van der Waals surface area contributed by atoms with E-state index < -0.39 is 18.0 Å². The summed E-state index contributed by atoms with van der Waals surface area (Å²) in [5, 5.41) is 14.4. The van der Waals surface area contributed by atoms with Crippen molar-refractivity contribution in [2.24, 2.45) is 5.92 Å². The normalized spacial score (nSPS) is 14.9. The number of hydrogen-bond acceptors (Lipinski definition) is 2. The first-order chi connectivity index (χ1) is 9.45. The molecule has 0 saturated carbocycles. The molecule has 0 fully saturated rings. The fraction of sp³-hybridized carbons (Fsp3) is 0.467. The highest BCUT2D eigenvalue weighted by Gasteiger charge is 2.25. The molecule has 0 heterocycles. The second-order valence-corrected chi connectivity index (χ2v) is 4.95. The summed E-state index contributed by atoms with van der Waals surface area (Å²) in [6, 6.07) is 8.00. The van der Waals surface area contributed by atoms with Crippen molar-refractivity contribution in [2.75, 3.05) is 0 Å². The van der Waals surface area contributed by atoms with E-state index in [-0.39, 0.29) is 12.0 Å². The van der Waals surface area contributed by atoms with Crippen molar-refractivity contribution in [3.05, 3.63) is 35.9 Å². The molecule has 5 heteroatoms. The number of amides is 2. The fourth-order valence-corrected chi connectivity index (χ4v) is 1.89. The second-order valence-electron chi connectivity index (χ2n) is 4.95. The van der Waals surface area contributed by atoms with Crippen LogP contribution in [0.1, 0.15) is 38.8 Å². The summed E-state index contributed by atoms with van der Waals surface area (Å²) < 4.78 is 0. The van der Waals surface area contributed by atoms with Gasteiger partial charge in [-0.25, -0.2) is 9.59 Å². The van der Waals surface area contributed by atoms with Crippen LogP contribution in [-0.4, -0.2) is 23.1 Å². The van der Waals surface area contributed by atoms with Gasteiger partial charge in [0.1, 0.15) is 6.04 Å². The standard InChI is InChI=1S/C15H22N2O3/c1-4-10(2)13(14(18)19)17-15(20)16-11(3)12-8-6-5-7-9-12/h5-11,13H,4H2,1-3H3,(H,18,19)(H2,16,17,20)/t10?,11?,13-/m0/s1. The Labute approximate surface area is 119 Å². The van der Waals surface area contributed by atoms with Crippen LogP contribution < -0.4 is 10.6 Å². The Morgan fingerprint density at radius 2 is 1.75 bits per heavy atom. The molecule has 0 aromatic heterocycles. The quantitative estimate of drug-likeness (QED) is 0.748. The maximum atomic E-state index is 11.9. The van der Waals surface area contributed by atoms with Crippen molar-refractivity contribution in [2.45, 2.75) is 39.3 Å². The highest BCUT2D eigenvalue weighted by atomic mass is 16.4. The van der Waals surface area contributed by atoms with Crippen molar-refractivity contribution < 1.29 is 14.7 Å². The average molecular weight is 278 g/mol. The first-order valence-corrected chi connectivity index (χ1v) is 6.80. The van der Waals surface area contributed by atoms with E-state index in [1.807, 2.05) is 44.2 Å². The largest absolute Gasteiger partial charge is 0.480 e. The molecule has 0 saturated heterocycles. The van der Waals surface area contributed by atoms with Crippen LogP contribution in [-0.2, 0) is 4.79 Å². The van der Waals surface area contributed by atoms with Crippen LogP contribution in [0.4, 0.5) is 4.79 Å². The molecule has 5 nitrogen and oxygen atoms in total. The van der Waals surface area contributed by atoms with Gasteiger partial charge in [0.2, 0.25) is 0 Å². The molecule has 0 aliphatic carbocycles. The Kier molecular flexibility index (Phi) is 6.03. The van der Waals surface area contributed by atoms with Crippen molar-refractivity contribution in [1.82, 2.24) is 10.6 Å². The number of carbonyl (C=O) groups is 2. The second kappa shape index (κ2) is 7.53. The number of carbonyl (C=O) groups excluding carboxylic acids is 1. The first kappa shape index (κ1) is 16.0. The van der Waals surface area contributed by atoms with Crippen LogP contribution in [0.15, 0.2) is 30.3 Å². The summed E-state index contributed by atoms with van der Waals surface area (Å²) in [5.74, 6) is -1.13. The SMILES string of the molecule is CCC(C)[C@H](NC(=O)NC(C)c1ccccc1)C(=O)O. The summed E-state index contributed by atoms with van der Waals surface area (Å²) in [7, 11) is 0. The highest BCUT2D eigenvalue weighted by molar-refractivity contribution is 5.82. The number of benzene rings is 1. The van der Waals surface area contributed by atoms with Gasteiger partial charge >= 0.3 is 12.0 Å². The van der Waals surface area contributed by atoms with Crippen LogP contribution >= 0.6 is 0 Å². The molecular formula is C15H22N2O3. The van der Waals surface area contributed by atoms with Crippen molar-refractivity contribution >= 4 is 12.0 Å². The highest BCUT2D eigenvalue weighted by Crippen LogP contribution is 2.12. The van der Waals surface area contributed by atoms with Crippen molar-refractivity contribution in [1.29, 1.82) is 0 Å². The van der Waals surface area contributed by atoms with Gasteiger partial charge in [-0.15, -0.1) is 0 Å². The maximum Gasteiger partial charge on any atom is 0.326 e. The molecule has 0 spiro atoms. The van der Waals surface area contributed by atoms with E-state index in [4.69, 9.17) is 5.11 Å². The van der Waals surface area contributed by atoms with E-state index in [9.17, 15) is 9.59 Å². The van der Waals surface area contributed by atoms with Crippen LogP contribution in [0, 0.1) is 5.92 Å². The molecule has 0 bridgehead atoms. The number of carboxylic acids is 1. The minimum absolute atomic E-state index is 0.120. The summed E-state index contributed by atoms with van der Waals surface area (Å²) >= 11 is 0. The smallest absolute Gasteiger partial charge is 0.326 e. The van der Waals surface area contributed by atoms with E-state index in [2.05, 4.69) is 10.6 Å². The Morgan fingerprint density at radius 1 is 1.15 bits per heavy atom. The third-order valence-corrected chi connectivity index (χ3v) is 3.41. The van der Waals surface area contributed by atoms with E-state index in [0.717, 1.165) is 5.56 Å². The maximum absolute atomic E-state index is 11.9. The molecule has 2 unspecified atom stereocenters. The summed E-state index contributed by atoms with van der Waals surface area (Å²) in [6.45, 7) is 5.56. The molecule has 3 atom stereocenters. The lowest BCUT2D eigenvalue weighted by atomic mass is 9.99. The molecule has 0 aliphatic rings. The Balaban J connectivity index is 2.60. The van der Waals surface area contributed by atoms with Gasteiger partial charge in [-0.2, -0.15) is 0 Å². The van der Waals surface area contributed by atoms with E-state index in [1.54, 1.807) is 6.92 Å². The minimum atomic E-state index is -1.01. The third-order valence-electron chi connectivity index (χ3n) is 3.41. The molecule has 1 rings (SSSR count). The van der Waals surface area contributed by atoms with Gasteiger partial charge in [0, 0.05) is 0 Å². The monoisotopic (exact) mass is 278 g/mol. The first-order valence-electron chi connectivity index (χ1n) is 6.80. The van der Waals surface area contributed by atoms with Gasteiger partial charge in [0.05, 0.1) is 6.04 Å². The van der Waals surface area contributed by atoms with Gasteiger partial charge in [-0.1, -0.05) is 50.6 Å². The molecule has 3 N–H and O–H groups in total. The van der Waals surface area contributed by atoms with Gasteiger partial charge in [0.15, 0.2) is 0 Å². The van der Waals surface area contributed by atoms with Crippen molar-refractivity contribution in [3.63, 3.8) is 0 Å². The van der Waals surface area contributed by atoms with Gasteiger partial charge in [0.25, 0.3) is 0 Å². The zero-order valence-corrected chi connectivity index (χ0v) is 12.1. The van der Waals surface area contributed by atoms with E-state index >= 15 is 0 Å². The van der Waals surface area contributed by atoms with Crippen LogP contribution in [0.2, 0.25) is 0 Å². The molecule has 0 radical (unpaired) electrons. The minimum Gasteiger partial charge on any atom is -0.480 e. The zero-order chi connectivity index (χ0) is 15.1. The van der Waals surface area contributed by atoms with Crippen LogP contribution in [0.3, 0.4) is 0 Å². The van der Waals surface area contributed by atoms with Gasteiger partial charge in [-0.3, -0.25) is 0 Å². The predicted molar refractivity (Wildman–Crippen MR) is 77.4 cm³/mol. The summed E-state index contributed by atoms with van der Waals surface area (Å²) in [6.07, 6.45) is 0.686. The number of urea groups is 1. The van der Waals surface area contributed by atoms with E-state index in [1.165, 1.54) is 0 Å².